The van der Waals surface area contributed by atoms with Crippen molar-refractivity contribution in [1.29, 1.82) is 0 Å². The first kappa shape index (κ1) is 11.5. The van der Waals surface area contributed by atoms with Crippen molar-refractivity contribution in [3.05, 3.63) is 0 Å². The highest BCUT2D eigenvalue weighted by atomic mass is 16.2. The summed E-state index contributed by atoms with van der Waals surface area (Å²) in [6.45, 7) is 9.90. The lowest BCUT2D eigenvalue weighted by Crippen LogP contribution is -2.51. The van der Waals surface area contributed by atoms with Crippen molar-refractivity contribution in [3.63, 3.8) is 0 Å². The lowest BCUT2D eigenvalue weighted by Gasteiger charge is -2.35. The highest BCUT2D eigenvalue weighted by Crippen LogP contribution is 2.28. The van der Waals surface area contributed by atoms with E-state index in [9.17, 15) is 4.79 Å². The first-order valence-electron chi connectivity index (χ1n) is 5.64. The van der Waals surface area contributed by atoms with Crippen LogP contribution >= 0.6 is 0 Å². The Morgan fingerprint density at radius 1 is 1.29 bits per heavy atom. The standard InChI is InChI=1S/C11H22N2O/c1-4-11(3,5-2)10(14)13-8-6-12-7-9-13/h12H,4-9H2,1-3H3. The molecule has 0 unspecified atom stereocenters. The molecular formula is C11H22N2O. The van der Waals surface area contributed by atoms with E-state index in [1.807, 2.05) is 4.90 Å². The highest BCUT2D eigenvalue weighted by Gasteiger charge is 2.33. The maximum atomic E-state index is 12.2. The van der Waals surface area contributed by atoms with E-state index in [4.69, 9.17) is 0 Å². The van der Waals surface area contributed by atoms with E-state index in [0.29, 0.717) is 5.91 Å². The summed E-state index contributed by atoms with van der Waals surface area (Å²) in [4.78, 5) is 14.2. The fourth-order valence-electron chi connectivity index (χ4n) is 1.80. The van der Waals surface area contributed by atoms with E-state index in [0.717, 1.165) is 39.0 Å². The van der Waals surface area contributed by atoms with Crippen LogP contribution in [0.2, 0.25) is 0 Å². The quantitative estimate of drug-likeness (QED) is 0.740. The third kappa shape index (κ3) is 2.27. The van der Waals surface area contributed by atoms with Crippen molar-refractivity contribution in [2.75, 3.05) is 26.2 Å². The number of nitrogens with zero attached hydrogens (tertiary/aromatic N) is 1. The molecule has 0 atom stereocenters. The van der Waals surface area contributed by atoms with Gasteiger partial charge in [0.05, 0.1) is 0 Å². The number of nitrogens with one attached hydrogen (secondary N) is 1. The summed E-state index contributed by atoms with van der Waals surface area (Å²) in [6.07, 6.45) is 1.87. The van der Waals surface area contributed by atoms with Gasteiger partial charge in [-0.2, -0.15) is 0 Å². The molecule has 1 amide bonds. The van der Waals surface area contributed by atoms with Crippen LogP contribution in [0.4, 0.5) is 0 Å². The van der Waals surface area contributed by atoms with E-state index in [1.54, 1.807) is 0 Å². The monoisotopic (exact) mass is 198 g/mol. The number of carbonyl (C=O) groups is 1. The molecule has 0 bridgehead atoms. The number of piperazine rings is 1. The van der Waals surface area contributed by atoms with Crippen molar-refractivity contribution in [3.8, 4) is 0 Å². The SMILES string of the molecule is CCC(C)(CC)C(=O)N1CCNCC1. The highest BCUT2D eigenvalue weighted by molar-refractivity contribution is 5.82. The molecule has 82 valence electrons. The Bertz CT molecular complexity index is 193. The number of carbonyl (C=O) groups excluding carboxylic acids is 1. The van der Waals surface area contributed by atoms with Gasteiger partial charge in [0.2, 0.25) is 5.91 Å². The number of hydrogen-bond donors (Lipinski definition) is 1. The normalized spacial score (nSPS) is 18.4. The van der Waals surface area contributed by atoms with Crippen LogP contribution in [0, 0.1) is 5.41 Å². The van der Waals surface area contributed by atoms with E-state index in [1.165, 1.54) is 0 Å². The van der Waals surface area contributed by atoms with Crippen LogP contribution in [0.3, 0.4) is 0 Å². The largest absolute Gasteiger partial charge is 0.340 e. The van der Waals surface area contributed by atoms with Crippen molar-refractivity contribution in [2.45, 2.75) is 33.6 Å². The number of hydrogen-bond acceptors (Lipinski definition) is 2. The van der Waals surface area contributed by atoms with Gasteiger partial charge in [-0.25, -0.2) is 0 Å². The molecule has 3 nitrogen and oxygen atoms in total. The lowest BCUT2D eigenvalue weighted by molar-refractivity contribution is -0.142. The molecule has 0 saturated carbocycles. The molecule has 14 heavy (non-hydrogen) atoms. The molecular weight excluding hydrogens is 176 g/mol. The van der Waals surface area contributed by atoms with Crippen molar-refractivity contribution < 1.29 is 4.79 Å². The molecule has 1 rings (SSSR count). The zero-order valence-electron chi connectivity index (χ0n) is 9.60. The number of amides is 1. The summed E-state index contributed by atoms with van der Waals surface area (Å²) in [7, 11) is 0. The average molecular weight is 198 g/mol. The molecule has 1 aliphatic heterocycles. The summed E-state index contributed by atoms with van der Waals surface area (Å²) < 4.78 is 0. The Kier molecular flexibility index (Phi) is 3.93. The van der Waals surface area contributed by atoms with Gasteiger partial charge in [0.25, 0.3) is 0 Å². The summed E-state index contributed by atoms with van der Waals surface area (Å²) in [5.41, 5.74) is -0.142. The molecule has 3 heteroatoms. The van der Waals surface area contributed by atoms with Crippen LogP contribution < -0.4 is 5.32 Å². The minimum atomic E-state index is -0.142. The Morgan fingerprint density at radius 3 is 2.21 bits per heavy atom. The predicted octanol–water partition coefficient (Wildman–Crippen LogP) is 1.24. The van der Waals surface area contributed by atoms with Crippen molar-refractivity contribution in [2.24, 2.45) is 5.41 Å². The smallest absolute Gasteiger partial charge is 0.228 e. The van der Waals surface area contributed by atoms with Gasteiger partial charge in [-0.1, -0.05) is 20.8 Å². The molecule has 1 N–H and O–H groups in total. The fraction of sp³-hybridized carbons (Fsp3) is 0.909. The molecule has 1 aliphatic rings. The topological polar surface area (TPSA) is 32.3 Å². The third-order valence-corrected chi connectivity index (χ3v) is 3.48. The average Bonchev–Trinajstić information content (AvgIpc) is 2.28. The minimum Gasteiger partial charge on any atom is -0.340 e. The van der Waals surface area contributed by atoms with Gasteiger partial charge in [0, 0.05) is 31.6 Å². The lowest BCUT2D eigenvalue weighted by atomic mass is 9.83. The van der Waals surface area contributed by atoms with E-state index in [-0.39, 0.29) is 5.41 Å². The van der Waals surface area contributed by atoms with Crippen LogP contribution in [0.1, 0.15) is 33.6 Å². The fourth-order valence-corrected chi connectivity index (χ4v) is 1.80. The zero-order chi connectivity index (χ0) is 10.6. The van der Waals surface area contributed by atoms with Gasteiger partial charge in [-0.15, -0.1) is 0 Å². The van der Waals surface area contributed by atoms with Crippen LogP contribution in [0.25, 0.3) is 0 Å². The van der Waals surface area contributed by atoms with E-state index in [2.05, 4.69) is 26.1 Å². The van der Waals surface area contributed by atoms with Crippen LogP contribution in [0.5, 0.6) is 0 Å². The minimum absolute atomic E-state index is 0.142. The predicted molar refractivity (Wildman–Crippen MR) is 58.1 cm³/mol. The van der Waals surface area contributed by atoms with Gasteiger partial charge in [-0.3, -0.25) is 4.79 Å². The Hall–Kier alpha value is -0.570. The molecule has 1 saturated heterocycles. The Balaban J connectivity index is 2.61. The molecule has 1 fully saturated rings. The summed E-state index contributed by atoms with van der Waals surface area (Å²) >= 11 is 0. The first-order valence-corrected chi connectivity index (χ1v) is 5.64. The second-order valence-electron chi connectivity index (χ2n) is 4.31. The van der Waals surface area contributed by atoms with Gasteiger partial charge < -0.3 is 10.2 Å². The second kappa shape index (κ2) is 4.78. The zero-order valence-corrected chi connectivity index (χ0v) is 9.60. The molecule has 0 spiro atoms. The van der Waals surface area contributed by atoms with Crippen LogP contribution in [-0.2, 0) is 4.79 Å². The molecule has 0 aromatic heterocycles. The molecule has 0 radical (unpaired) electrons. The van der Waals surface area contributed by atoms with Gasteiger partial charge >= 0.3 is 0 Å². The molecule has 0 aromatic rings. The van der Waals surface area contributed by atoms with Gasteiger partial charge in [0.15, 0.2) is 0 Å². The molecule has 1 heterocycles. The first-order chi connectivity index (χ1) is 6.64. The van der Waals surface area contributed by atoms with Crippen molar-refractivity contribution in [1.82, 2.24) is 10.2 Å². The van der Waals surface area contributed by atoms with Gasteiger partial charge in [0.1, 0.15) is 0 Å². The maximum absolute atomic E-state index is 12.2. The Morgan fingerprint density at radius 2 is 1.79 bits per heavy atom. The van der Waals surface area contributed by atoms with Gasteiger partial charge in [-0.05, 0) is 12.8 Å². The molecule has 0 aliphatic carbocycles. The van der Waals surface area contributed by atoms with Crippen molar-refractivity contribution >= 4 is 5.91 Å². The third-order valence-electron chi connectivity index (χ3n) is 3.48. The van der Waals surface area contributed by atoms with E-state index < -0.39 is 0 Å². The van der Waals surface area contributed by atoms with Crippen LogP contribution in [0.15, 0.2) is 0 Å². The Labute approximate surface area is 86.9 Å². The summed E-state index contributed by atoms with van der Waals surface area (Å²) in [6, 6.07) is 0. The second-order valence-corrected chi connectivity index (χ2v) is 4.31. The summed E-state index contributed by atoms with van der Waals surface area (Å²) in [5.74, 6) is 0.337. The maximum Gasteiger partial charge on any atom is 0.228 e. The number of rotatable bonds is 3. The van der Waals surface area contributed by atoms with E-state index >= 15 is 0 Å². The van der Waals surface area contributed by atoms with Crippen LogP contribution in [-0.4, -0.2) is 37.0 Å². The summed E-state index contributed by atoms with van der Waals surface area (Å²) in [5, 5.41) is 3.26. The molecule has 0 aromatic carbocycles.